The highest BCUT2D eigenvalue weighted by molar-refractivity contribution is 14.1. The Morgan fingerprint density at radius 2 is 2.19 bits per heavy atom. The van der Waals surface area contributed by atoms with E-state index in [1.54, 1.807) is 12.1 Å². The van der Waals surface area contributed by atoms with Crippen LogP contribution in [-0.2, 0) is 15.0 Å². The zero-order valence-corrected chi connectivity index (χ0v) is 14.5. The third kappa shape index (κ3) is 4.07. The number of piperidine rings is 1. The first kappa shape index (κ1) is 16.5. The van der Waals surface area contributed by atoms with Gasteiger partial charge in [0, 0.05) is 16.7 Å². The van der Waals surface area contributed by atoms with Gasteiger partial charge in [0.1, 0.15) is 0 Å². The van der Waals surface area contributed by atoms with E-state index in [0.717, 1.165) is 9.13 Å². The fourth-order valence-corrected chi connectivity index (χ4v) is 4.05. The molecule has 1 fully saturated rings. The molecule has 21 heavy (non-hydrogen) atoms. The van der Waals surface area contributed by atoms with Gasteiger partial charge in [-0.1, -0.05) is 6.07 Å². The molecule has 0 bridgehead atoms. The third-order valence-corrected chi connectivity index (χ3v) is 6.16. The number of halogens is 1. The normalized spacial score (nSPS) is 20.2. The number of aliphatic carboxylic acids is 1. The van der Waals surface area contributed by atoms with Gasteiger partial charge in [-0.3, -0.25) is 9.52 Å². The van der Waals surface area contributed by atoms with Crippen LogP contribution in [-0.4, -0.2) is 36.9 Å². The minimum Gasteiger partial charge on any atom is -0.481 e. The molecule has 1 heterocycles. The Labute approximate surface area is 137 Å². The molecule has 1 aromatic carbocycles. The Hall–Kier alpha value is -0.870. The number of carbonyl (C=O) groups is 1. The molecule has 1 unspecified atom stereocenters. The SMILES string of the molecule is Cc1ccc(NS(=O)(=O)N2CCCC(C(=O)O)C2)cc1I. The van der Waals surface area contributed by atoms with Gasteiger partial charge in [-0.25, -0.2) is 0 Å². The third-order valence-electron chi connectivity index (χ3n) is 3.49. The van der Waals surface area contributed by atoms with E-state index in [-0.39, 0.29) is 6.54 Å². The van der Waals surface area contributed by atoms with Crippen LogP contribution < -0.4 is 4.72 Å². The standard InChI is InChI=1S/C13H17IN2O4S/c1-9-4-5-11(7-12(9)14)15-21(19,20)16-6-2-3-10(8-16)13(17)18/h4-5,7,10,15H,2-3,6,8H2,1H3,(H,17,18). The summed E-state index contributed by atoms with van der Waals surface area (Å²) in [4.78, 5) is 11.0. The summed E-state index contributed by atoms with van der Waals surface area (Å²) >= 11 is 2.14. The number of nitrogens with one attached hydrogen (secondary N) is 1. The minimum absolute atomic E-state index is 0.0214. The molecule has 0 radical (unpaired) electrons. The van der Waals surface area contributed by atoms with Crippen molar-refractivity contribution in [2.75, 3.05) is 17.8 Å². The average Bonchev–Trinajstić information content (AvgIpc) is 2.43. The van der Waals surface area contributed by atoms with Crippen molar-refractivity contribution in [3.8, 4) is 0 Å². The van der Waals surface area contributed by atoms with Gasteiger partial charge in [-0.2, -0.15) is 12.7 Å². The van der Waals surface area contributed by atoms with Crippen LogP contribution in [0.2, 0.25) is 0 Å². The van der Waals surface area contributed by atoms with Crippen LogP contribution in [0.15, 0.2) is 18.2 Å². The van der Waals surface area contributed by atoms with Crippen LogP contribution in [0.1, 0.15) is 18.4 Å². The second-order valence-corrected chi connectivity index (χ2v) is 7.94. The molecule has 116 valence electrons. The molecule has 0 amide bonds. The lowest BCUT2D eigenvalue weighted by atomic mass is 10.0. The molecule has 8 heteroatoms. The number of carboxylic acids is 1. The largest absolute Gasteiger partial charge is 0.481 e. The van der Waals surface area contributed by atoms with Crippen molar-refractivity contribution in [3.05, 3.63) is 27.3 Å². The quantitative estimate of drug-likeness (QED) is 0.725. The van der Waals surface area contributed by atoms with Crippen molar-refractivity contribution in [1.29, 1.82) is 0 Å². The van der Waals surface area contributed by atoms with Gasteiger partial charge in [-0.15, -0.1) is 0 Å². The molecule has 1 aliphatic rings. The predicted octanol–water partition coefficient (Wildman–Crippen LogP) is 2.05. The lowest BCUT2D eigenvalue weighted by Crippen LogP contribution is -2.44. The molecule has 0 aromatic heterocycles. The number of aryl methyl sites for hydroxylation is 1. The average molecular weight is 424 g/mol. The lowest BCUT2D eigenvalue weighted by Gasteiger charge is -2.30. The molecule has 0 saturated carbocycles. The van der Waals surface area contributed by atoms with Crippen molar-refractivity contribution in [3.63, 3.8) is 0 Å². The highest BCUT2D eigenvalue weighted by Gasteiger charge is 2.32. The van der Waals surface area contributed by atoms with E-state index in [9.17, 15) is 13.2 Å². The number of rotatable bonds is 4. The first-order chi connectivity index (χ1) is 9.79. The van der Waals surface area contributed by atoms with Crippen molar-refractivity contribution in [1.82, 2.24) is 4.31 Å². The highest BCUT2D eigenvalue weighted by Crippen LogP contribution is 2.22. The van der Waals surface area contributed by atoms with Gasteiger partial charge in [0.2, 0.25) is 0 Å². The molecule has 0 spiro atoms. The second kappa shape index (κ2) is 6.49. The zero-order valence-electron chi connectivity index (χ0n) is 11.5. The summed E-state index contributed by atoms with van der Waals surface area (Å²) < 4.78 is 29.4. The first-order valence-corrected chi connectivity index (χ1v) is 9.08. The van der Waals surface area contributed by atoms with Crippen molar-refractivity contribution < 1.29 is 18.3 Å². The zero-order chi connectivity index (χ0) is 15.6. The maximum absolute atomic E-state index is 12.3. The molecule has 1 aromatic rings. The van der Waals surface area contributed by atoms with Gasteiger partial charge in [0.25, 0.3) is 0 Å². The minimum atomic E-state index is -3.72. The predicted molar refractivity (Wildman–Crippen MR) is 88.4 cm³/mol. The summed E-state index contributed by atoms with van der Waals surface area (Å²) in [5.41, 5.74) is 1.56. The Bertz CT molecular complexity index is 648. The van der Waals surface area contributed by atoms with Crippen molar-refractivity contribution in [2.45, 2.75) is 19.8 Å². The number of benzene rings is 1. The Morgan fingerprint density at radius 1 is 1.48 bits per heavy atom. The van der Waals surface area contributed by atoms with Crippen LogP contribution in [0, 0.1) is 16.4 Å². The van der Waals surface area contributed by atoms with E-state index in [1.807, 2.05) is 13.0 Å². The maximum Gasteiger partial charge on any atom is 0.307 e. The maximum atomic E-state index is 12.3. The molecular formula is C13H17IN2O4S. The lowest BCUT2D eigenvalue weighted by molar-refractivity contribution is -0.142. The van der Waals surface area contributed by atoms with Crippen molar-refractivity contribution in [2.24, 2.45) is 5.92 Å². The van der Waals surface area contributed by atoms with E-state index in [1.165, 1.54) is 4.31 Å². The molecule has 1 aliphatic heterocycles. The number of hydrogen-bond acceptors (Lipinski definition) is 3. The van der Waals surface area contributed by atoms with E-state index < -0.39 is 22.1 Å². The number of carboxylic acid groups (broad SMARTS) is 1. The summed E-state index contributed by atoms with van der Waals surface area (Å²) in [6.45, 7) is 2.32. The topological polar surface area (TPSA) is 86.7 Å². The van der Waals surface area contributed by atoms with Gasteiger partial charge in [0.15, 0.2) is 0 Å². The molecule has 2 rings (SSSR count). The molecule has 2 N–H and O–H groups in total. The fraction of sp³-hybridized carbons (Fsp3) is 0.462. The van der Waals surface area contributed by atoms with Crippen LogP contribution in [0.4, 0.5) is 5.69 Å². The van der Waals surface area contributed by atoms with Crippen LogP contribution >= 0.6 is 22.6 Å². The molecule has 6 nitrogen and oxygen atoms in total. The summed E-state index contributed by atoms with van der Waals surface area (Å²) in [7, 11) is -3.72. The van der Waals surface area contributed by atoms with Crippen LogP contribution in [0.3, 0.4) is 0 Å². The molecular weight excluding hydrogens is 407 g/mol. The first-order valence-electron chi connectivity index (χ1n) is 6.56. The van der Waals surface area contributed by atoms with Crippen LogP contribution in [0.5, 0.6) is 0 Å². The Morgan fingerprint density at radius 3 is 2.81 bits per heavy atom. The second-order valence-electron chi connectivity index (χ2n) is 5.11. The Kier molecular flexibility index (Phi) is 5.10. The highest BCUT2D eigenvalue weighted by atomic mass is 127. The van der Waals surface area contributed by atoms with E-state index in [4.69, 9.17) is 5.11 Å². The van der Waals surface area contributed by atoms with E-state index in [2.05, 4.69) is 27.3 Å². The van der Waals surface area contributed by atoms with E-state index in [0.29, 0.717) is 25.1 Å². The molecule has 1 atom stereocenters. The summed E-state index contributed by atoms with van der Waals surface area (Å²) in [5.74, 6) is -1.58. The van der Waals surface area contributed by atoms with Gasteiger partial charge in [0.05, 0.1) is 11.6 Å². The van der Waals surface area contributed by atoms with Gasteiger partial charge < -0.3 is 5.11 Å². The smallest absolute Gasteiger partial charge is 0.307 e. The summed E-state index contributed by atoms with van der Waals surface area (Å²) in [6, 6.07) is 5.30. The molecule has 0 aliphatic carbocycles. The van der Waals surface area contributed by atoms with E-state index >= 15 is 0 Å². The van der Waals surface area contributed by atoms with Crippen LogP contribution in [0.25, 0.3) is 0 Å². The fourth-order valence-electron chi connectivity index (χ4n) is 2.23. The molecule has 1 saturated heterocycles. The summed E-state index contributed by atoms with van der Waals surface area (Å²) in [6.07, 6.45) is 1.08. The van der Waals surface area contributed by atoms with Gasteiger partial charge >= 0.3 is 16.2 Å². The number of hydrogen-bond donors (Lipinski definition) is 2. The van der Waals surface area contributed by atoms with Crippen molar-refractivity contribution >= 4 is 44.5 Å². The summed E-state index contributed by atoms with van der Waals surface area (Å²) in [5, 5.41) is 9.04. The Balaban J connectivity index is 2.14. The van der Waals surface area contributed by atoms with Gasteiger partial charge in [-0.05, 0) is 60.1 Å². The number of anilines is 1. The monoisotopic (exact) mass is 424 g/mol. The number of nitrogens with zero attached hydrogens (tertiary/aromatic N) is 1.